The van der Waals surface area contributed by atoms with Crippen molar-refractivity contribution < 1.29 is 9.59 Å². The third-order valence-corrected chi connectivity index (χ3v) is 3.17. The smallest absolute Gasteiger partial charge is 0.271 e. The van der Waals surface area contributed by atoms with Gasteiger partial charge in [-0.05, 0) is 37.1 Å². The van der Waals surface area contributed by atoms with Crippen LogP contribution in [-0.2, 0) is 4.79 Å². The molecule has 0 fully saturated rings. The van der Waals surface area contributed by atoms with Crippen LogP contribution in [0.25, 0.3) is 0 Å². The van der Waals surface area contributed by atoms with Crippen LogP contribution in [0.1, 0.15) is 21.5 Å². The molecule has 5 nitrogen and oxygen atoms in total. The first-order valence-corrected chi connectivity index (χ1v) is 6.55. The predicted octanol–water partition coefficient (Wildman–Crippen LogP) is 2.63. The number of hydrogen-bond donors (Lipinski definition) is 3. The van der Waals surface area contributed by atoms with Gasteiger partial charge in [-0.25, -0.2) is 0 Å². The Labute approximate surface area is 123 Å². The van der Waals surface area contributed by atoms with E-state index in [0.29, 0.717) is 17.7 Å². The Morgan fingerprint density at radius 3 is 2.33 bits per heavy atom. The highest BCUT2D eigenvalue weighted by molar-refractivity contribution is 6.01. The zero-order valence-electron chi connectivity index (χ0n) is 11.9. The number of hydrazine groups is 1. The number of nitrogens with one attached hydrogen (secondary N) is 3. The predicted molar refractivity (Wildman–Crippen MR) is 83.1 cm³/mol. The van der Waals surface area contributed by atoms with Crippen LogP contribution < -0.4 is 16.2 Å². The largest absolute Gasteiger partial charge is 0.328 e. The number of amides is 2. The normalized spacial score (nSPS) is 9.81. The lowest BCUT2D eigenvalue weighted by Gasteiger charge is -2.14. The Morgan fingerprint density at radius 1 is 1.00 bits per heavy atom. The van der Waals surface area contributed by atoms with Crippen LogP contribution >= 0.6 is 0 Å². The average Bonchev–Trinajstić information content (AvgIpc) is 2.47. The lowest BCUT2D eigenvalue weighted by atomic mass is 10.1. The standard InChI is InChI=1S/C16H17N3O2/c1-11-6-5-7-12(2)15(11)18-19-16(21)13-8-3-4-9-14(13)17-10-20/h3-10,18H,1-2H3,(H,17,20)(H,19,21). The van der Waals surface area contributed by atoms with Gasteiger partial charge in [-0.3, -0.25) is 20.4 Å². The molecule has 0 spiro atoms. The van der Waals surface area contributed by atoms with Crippen molar-refractivity contribution in [2.75, 3.05) is 10.7 Å². The molecule has 2 amide bonds. The Bertz CT molecular complexity index is 648. The molecule has 108 valence electrons. The Morgan fingerprint density at radius 2 is 1.67 bits per heavy atom. The highest BCUT2D eigenvalue weighted by Gasteiger charge is 2.11. The number of para-hydroxylation sites is 2. The summed E-state index contributed by atoms with van der Waals surface area (Å²) < 4.78 is 0. The molecular formula is C16H17N3O2. The molecular weight excluding hydrogens is 266 g/mol. The molecule has 0 saturated heterocycles. The number of rotatable bonds is 5. The first-order chi connectivity index (χ1) is 10.1. The molecule has 0 aliphatic heterocycles. The van der Waals surface area contributed by atoms with Gasteiger partial charge in [0.05, 0.1) is 16.9 Å². The zero-order chi connectivity index (χ0) is 15.2. The molecule has 5 heteroatoms. The van der Waals surface area contributed by atoms with E-state index < -0.39 is 0 Å². The number of carbonyl (C=O) groups is 2. The van der Waals surface area contributed by atoms with E-state index >= 15 is 0 Å². The fourth-order valence-corrected chi connectivity index (χ4v) is 2.07. The van der Waals surface area contributed by atoms with Gasteiger partial charge in [-0.15, -0.1) is 0 Å². The minimum atomic E-state index is -0.317. The molecule has 2 rings (SSSR count). The fraction of sp³-hybridized carbons (Fsp3) is 0.125. The number of benzene rings is 2. The van der Waals surface area contributed by atoms with E-state index in [1.54, 1.807) is 24.3 Å². The number of carbonyl (C=O) groups excluding carboxylic acids is 2. The van der Waals surface area contributed by atoms with E-state index in [1.165, 1.54) is 0 Å². The van der Waals surface area contributed by atoms with Crippen LogP contribution in [0.3, 0.4) is 0 Å². The first-order valence-electron chi connectivity index (χ1n) is 6.55. The molecule has 0 radical (unpaired) electrons. The SMILES string of the molecule is Cc1cccc(C)c1NNC(=O)c1ccccc1NC=O. The second-order valence-corrected chi connectivity index (χ2v) is 4.65. The second-order valence-electron chi connectivity index (χ2n) is 4.65. The van der Waals surface area contributed by atoms with Crippen LogP contribution in [0.5, 0.6) is 0 Å². The zero-order valence-corrected chi connectivity index (χ0v) is 11.9. The van der Waals surface area contributed by atoms with E-state index in [9.17, 15) is 9.59 Å². The minimum absolute atomic E-state index is 0.317. The highest BCUT2D eigenvalue weighted by Crippen LogP contribution is 2.19. The van der Waals surface area contributed by atoms with Crippen molar-refractivity contribution in [2.45, 2.75) is 13.8 Å². The Hall–Kier alpha value is -2.82. The van der Waals surface area contributed by atoms with Crippen LogP contribution in [0, 0.1) is 13.8 Å². The quantitative estimate of drug-likeness (QED) is 0.583. The van der Waals surface area contributed by atoms with Crippen molar-refractivity contribution in [2.24, 2.45) is 0 Å². The minimum Gasteiger partial charge on any atom is -0.328 e. The van der Waals surface area contributed by atoms with Crippen molar-refractivity contribution in [1.29, 1.82) is 0 Å². The number of hydrogen-bond acceptors (Lipinski definition) is 3. The molecule has 0 saturated carbocycles. The van der Waals surface area contributed by atoms with Gasteiger partial charge < -0.3 is 5.32 Å². The maximum atomic E-state index is 12.2. The molecule has 0 atom stereocenters. The average molecular weight is 283 g/mol. The summed E-state index contributed by atoms with van der Waals surface area (Å²) in [7, 11) is 0. The van der Waals surface area contributed by atoms with Gasteiger partial charge in [0.15, 0.2) is 0 Å². The summed E-state index contributed by atoms with van der Waals surface area (Å²) in [6, 6.07) is 12.7. The van der Waals surface area contributed by atoms with E-state index in [1.807, 2.05) is 32.0 Å². The molecule has 0 aliphatic rings. The summed E-state index contributed by atoms with van der Waals surface area (Å²) in [5.74, 6) is -0.317. The summed E-state index contributed by atoms with van der Waals surface area (Å²) in [5, 5.41) is 2.51. The Kier molecular flexibility index (Phi) is 4.56. The van der Waals surface area contributed by atoms with Crippen LogP contribution in [0.2, 0.25) is 0 Å². The van der Waals surface area contributed by atoms with Crippen LogP contribution in [-0.4, -0.2) is 12.3 Å². The van der Waals surface area contributed by atoms with Gasteiger partial charge in [0.2, 0.25) is 6.41 Å². The molecule has 0 aliphatic carbocycles. The van der Waals surface area contributed by atoms with Gasteiger partial charge in [-0.1, -0.05) is 30.3 Å². The topological polar surface area (TPSA) is 70.2 Å². The van der Waals surface area contributed by atoms with Crippen molar-refractivity contribution in [3.8, 4) is 0 Å². The van der Waals surface area contributed by atoms with Crippen molar-refractivity contribution in [3.63, 3.8) is 0 Å². The molecule has 21 heavy (non-hydrogen) atoms. The number of aryl methyl sites for hydroxylation is 2. The van der Waals surface area contributed by atoms with Crippen LogP contribution in [0.4, 0.5) is 11.4 Å². The van der Waals surface area contributed by atoms with E-state index in [4.69, 9.17) is 0 Å². The molecule has 2 aromatic rings. The molecule has 3 N–H and O–H groups in total. The second kappa shape index (κ2) is 6.56. The maximum absolute atomic E-state index is 12.2. The lowest BCUT2D eigenvalue weighted by molar-refractivity contribution is -0.105. The molecule has 2 aromatic carbocycles. The van der Waals surface area contributed by atoms with Gasteiger partial charge in [0, 0.05) is 0 Å². The van der Waals surface area contributed by atoms with Gasteiger partial charge in [-0.2, -0.15) is 0 Å². The van der Waals surface area contributed by atoms with Gasteiger partial charge >= 0.3 is 0 Å². The third kappa shape index (κ3) is 3.39. The van der Waals surface area contributed by atoms with E-state index in [-0.39, 0.29) is 5.91 Å². The maximum Gasteiger partial charge on any atom is 0.271 e. The summed E-state index contributed by atoms with van der Waals surface area (Å²) in [4.78, 5) is 22.8. The fourth-order valence-electron chi connectivity index (χ4n) is 2.07. The summed E-state index contributed by atoms with van der Waals surface area (Å²) in [5.41, 5.74) is 9.38. The Balaban J connectivity index is 2.14. The lowest BCUT2D eigenvalue weighted by Crippen LogP contribution is -2.30. The molecule has 0 bridgehead atoms. The monoisotopic (exact) mass is 283 g/mol. The van der Waals surface area contributed by atoms with Crippen molar-refractivity contribution in [1.82, 2.24) is 5.43 Å². The molecule has 0 heterocycles. The first kappa shape index (κ1) is 14.6. The van der Waals surface area contributed by atoms with E-state index in [0.717, 1.165) is 16.8 Å². The summed E-state index contributed by atoms with van der Waals surface area (Å²) >= 11 is 0. The van der Waals surface area contributed by atoms with E-state index in [2.05, 4.69) is 16.2 Å². The molecule has 0 aromatic heterocycles. The third-order valence-electron chi connectivity index (χ3n) is 3.17. The van der Waals surface area contributed by atoms with Gasteiger partial charge in [0.25, 0.3) is 5.91 Å². The molecule has 0 unspecified atom stereocenters. The summed E-state index contributed by atoms with van der Waals surface area (Å²) in [6.45, 7) is 3.92. The summed E-state index contributed by atoms with van der Waals surface area (Å²) in [6.07, 6.45) is 0.547. The van der Waals surface area contributed by atoms with Crippen molar-refractivity contribution in [3.05, 3.63) is 59.2 Å². The van der Waals surface area contributed by atoms with Crippen LogP contribution in [0.15, 0.2) is 42.5 Å². The number of anilines is 2. The highest BCUT2D eigenvalue weighted by atomic mass is 16.2. The van der Waals surface area contributed by atoms with Gasteiger partial charge in [0.1, 0.15) is 0 Å². The van der Waals surface area contributed by atoms with Crippen molar-refractivity contribution >= 4 is 23.7 Å².